The molecule has 4 rings (SSSR count). The molecule has 0 saturated carbocycles. The lowest BCUT2D eigenvalue weighted by atomic mass is 9.86. The van der Waals surface area contributed by atoms with Gasteiger partial charge in [0.05, 0.1) is 17.2 Å². The Kier molecular flexibility index (Phi) is 3.84. The van der Waals surface area contributed by atoms with Crippen LogP contribution in [0.15, 0.2) is 30.5 Å². The second-order valence-electron chi connectivity index (χ2n) is 6.88. The van der Waals surface area contributed by atoms with Crippen LogP contribution in [0.2, 0.25) is 0 Å². The highest BCUT2D eigenvalue weighted by atomic mass is 16.1. The number of likely N-dealkylation sites (N-methyl/N-ethyl adjacent to an activating group) is 1. The highest BCUT2D eigenvalue weighted by Crippen LogP contribution is 2.32. The summed E-state index contributed by atoms with van der Waals surface area (Å²) in [4.78, 5) is 25.9. The van der Waals surface area contributed by atoms with Crippen molar-refractivity contribution in [2.75, 3.05) is 38.1 Å². The van der Waals surface area contributed by atoms with Crippen molar-refractivity contribution in [1.29, 1.82) is 0 Å². The molecule has 2 aliphatic heterocycles. The Bertz CT molecular complexity index is 764. The molecule has 2 aromatic rings. The van der Waals surface area contributed by atoms with Gasteiger partial charge in [0.25, 0.3) is 0 Å². The molecular formula is C18H23N5O. The maximum Gasteiger partial charge on any atom is 0.220 e. The first kappa shape index (κ1) is 15.3. The summed E-state index contributed by atoms with van der Waals surface area (Å²) in [6.07, 6.45) is 4.35. The second-order valence-corrected chi connectivity index (χ2v) is 6.88. The SMILES string of the molecule is CN1CCN(c2cnc3ccccc3n2)C[C@@]12CCNC(=O)CC2. The number of anilines is 1. The molecule has 0 aliphatic carbocycles. The third-order valence-electron chi connectivity index (χ3n) is 5.49. The number of hydrogen-bond donors (Lipinski definition) is 1. The first-order valence-electron chi connectivity index (χ1n) is 8.61. The van der Waals surface area contributed by atoms with Crippen LogP contribution in [0, 0.1) is 0 Å². The van der Waals surface area contributed by atoms with Crippen molar-refractivity contribution in [1.82, 2.24) is 20.2 Å². The summed E-state index contributed by atoms with van der Waals surface area (Å²) in [5.41, 5.74) is 1.89. The van der Waals surface area contributed by atoms with Crippen molar-refractivity contribution in [2.24, 2.45) is 0 Å². The van der Waals surface area contributed by atoms with E-state index in [1.54, 1.807) is 0 Å². The van der Waals surface area contributed by atoms with Gasteiger partial charge in [-0.15, -0.1) is 0 Å². The number of fused-ring (bicyclic) bond motifs is 1. The van der Waals surface area contributed by atoms with Crippen LogP contribution in [0.3, 0.4) is 0 Å². The molecule has 0 radical (unpaired) electrons. The first-order chi connectivity index (χ1) is 11.7. The minimum Gasteiger partial charge on any atom is -0.356 e. The van der Waals surface area contributed by atoms with Crippen molar-refractivity contribution in [3.63, 3.8) is 0 Å². The molecule has 1 amide bonds. The summed E-state index contributed by atoms with van der Waals surface area (Å²) >= 11 is 0. The molecule has 6 nitrogen and oxygen atoms in total. The van der Waals surface area contributed by atoms with E-state index in [2.05, 4.69) is 27.1 Å². The lowest BCUT2D eigenvalue weighted by molar-refractivity contribution is -0.120. The van der Waals surface area contributed by atoms with Crippen molar-refractivity contribution in [2.45, 2.75) is 24.8 Å². The second kappa shape index (κ2) is 6.02. The van der Waals surface area contributed by atoms with Crippen LogP contribution < -0.4 is 10.2 Å². The zero-order chi connectivity index (χ0) is 16.6. The Morgan fingerprint density at radius 1 is 1.17 bits per heavy atom. The van der Waals surface area contributed by atoms with E-state index in [1.807, 2.05) is 30.5 Å². The summed E-state index contributed by atoms with van der Waals surface area (Å²) in [5.74, 6) is 1.10. The highest BCUT2D eigenvalue weighted by Gasteiger charge is 2.41. The molecule has 2 saturated heterocycles. The van der Waals surface area contributed by atoms with Gasteiger partial charge >= 0.3 is 0 Å². The van der Waals surface area contributed by atoms with E-state index in [0.29, 0.717) is 6.42 Å². The molecule has 1 aromatic heterocycles. The lowest BCUT2D eigenvalue weighted by Gasteiger charge is -2.49. The van der Waals surface area contributed by atoms with Gasteiger partial charge in [-0.25, -0.2) is 4.98 Å². The molecule has 2 fully saturated rings. The van der Waals surface area contributed by atoms with Gasteiger partial charge < -0.3 is 10.2 Å². The number of aromatic nitrogens is 2. The molecule has 3 heterocycles. The monoisotopic (exact) mass is 325 g/mol. The molecule has 0 unspecified atom stereocenters. The Morgan fingerprint density at radius 2 is 2.00 bits per heavy atom. The average Bonchev–Trinajstić information content (AvgIpc) is 2.79. The maximum absolute atomic E-state index is 11.7. The number of benzene rings is 1. The molecule has 126 valence electrons. The van der Waals surface area contributed by atoms with Crippen LogP contribution >= 0.6 is 0 Å². The summed E-state index contributed by atoms with van der Waals surface area (Å²) in [5, 5.41) is 3.00. The van der Waals surface area contributed by atoms with Gasteiger partial charge in [-0.2, -0.15) is 0 Å². The van der Waals surface area contributed by atoms with Crippen LogP contribution in [0.5, 0.6) is 0 Å². The fourth-order valence-electron chi connectivity index (χ4n) is 3.89. The summed E-state index contributed by atoms with van der Waals surface area (Å²) in [6.45, 7) is 3.56. The van der Waals surface area contributed by atoms with Gasteiger partial charge in [0.15, 0.2) is 0 Å². The Balaban J connectivity index is 1.62. The molecule has 6 heteroatoms. The first-order valence-corrected chi connectivity index (χ1v) is 8.61. The predicted molar refractivity (Wildman–Crippen MR) is 94.0 cm³/mol. The lowest BCUT2D eigenvalue weighted by Crippen LogP contribution is -2.61. The summed E-state index contributed by atoms with van der Waals surface area (Å²) < 4.78 is 0. The van der Waals surface area contributed by atoms with Gasteiger partial charge in [0, 0.05) is 38.1 Å². The van der Waals surface area contributed by atoms with Gasteiger partial charge in [-0.1, -0.05) is 12.1 Å². The van der Waals surface area contributed by atoms with E-state index in [1.165, 1.54) is 0 Å². The predicted octanol–water partition coefficient (Wildman–Crippen LogP) is 1.42. The van der Waals surface area contributed by atoms with Gasteiger partial charge in [-0.3, -0.25) is 14.7 Å². The highest BCUT2D eigenvalue weighted by molar-refractivity contribution is 5.76. The largest absolute Gasteiger partial charge is 0.356 e. The fraction of sp³-hybridized carbons (Fsp3) is 0.500. The molecule has 1 atom stereocenters. The Labute approximate surface area is 141 Å². The minimum absolute atomic E-state index is 0.0325. The molecule has 1 N–H and O–H groups in total. The number of carbonyl (C=O) groups excluding carboxylic acids is 1. The van der Waals surface area contributed by atoms with E-state index in [0.717, 1.165) is 55.9 Å². The van der Waals surface area contributed by atoms with E-state index >= 15 is 0 Å². The van der Waals surface area contributed by atoms with Crippen molar-refractivity contribution >= 4 is 22.8 Å². The topological polar surface area (TPSA) is 61.4 Å². The smallest absolute Gasteiger partial charge is 0.220 e. The number of carbonyl (C=O) groups is 1. The van der Waals surface area contributed by atoms with Crippen LogP contribution in [-0.4, -0.2) is 59.5 Å². The quantitative estimate of drug-likeness (QED) is 0.859. The Hall–Kier alpha value is -2.21. The normalized spacial score (nSPS) is 25.7. The number of para-hydroxylation sites is 2. The molecule has 1 spiro atoms. The van der Waals surface area contributed by atoms with E-state index in [4.69, 9.17) is 4.98 Å². The zero-order valence-electron chi connectivity index (χ0n) is 14.0. The van der Waals surface area contributed by atoms with E-state index < -0.39 is 0 Å². The van der Waals surface area contributed by atoms with Crippen LogP contribution in [0.1, 0.15) is 19.3 Å². The van der Waals surface area contributed by atoms with Crippen LogP contribution in [-0.2, 0) is 4.79 Å². The van der Waals surface area contributed by atoms with Crippen molar-refractivity contribution in [3.8, 4) is 0 Å². The number of rotatable bonds is 1. The maximum atomic E-state index is 11.7. The summed E-state index contributed by atoms with van der Waals surface area (Å²) in [7, 11) is 2.18. The number of hydrogen-bond acceptors (Lipinski definition) is 5. The third kappa shape index (κ3) is 2.71. The molecule has 0 bridgehead atoms. The fourth-order valence-corrected chi connectivity index (χ4v) is 3.89. The molecular weight excluding hydrogens is 302 g/mol. The molecule has 2 aliphatic rings. The van der Waals surface area contributed by atoms with Gasteiger partial charge in [0.1, 0.15) is 5.82 Å². The minimum atomic E-state index is 0.0325. The van der Waals surface area contributed by atoms with E-state index in [-0.39, 0.29) is 11.4 Å². The molecule has 24 heavy (non-hydrogen) atoms. The van der Waals surface area contributed by atoms with Crippen molar-refractivity contribution in [3.05, 3.63) is 30.5 Å². The average molecular weight is 325 g/mol. The van der Waals surface area contributed by atoms with Gasteiger partial charge in [-0.05, 0) is 32.0 Å². The van der Waals surface area contributed by atoms with Crippen LogP contribution in [0.25, 0.3) is 11.0 Å². The zero-order valence-corrected chi connectivity index (χ0v) is 14.0. The third-order valence-corrected chi connectivity index (χ3v) is 5.49. The van der Waals surface area contributed by atoms with Crippen LogP contribution in [0.4, 0.5) is 5.82 Å². The number of amides is 1. The number of nitrogens with one attached hydrogen (secondary N) is 1. The number of nitrogens with zero attached hydrogens (tertiary/aromatic N) is 4. The summed E-state index contributed by atoms with van der Waals surface area (Å²) in [6, 6.07) is 7.97. The Morgan fingerprint density at radius 3 is 2.88 bits per heavy atom. The van der Waals surface area contributed by atoms with Crippen molar-refractivity contribution < 1.29 is 4.79 Å². The standard InChI is InChI=1S/C18H23N5O/c1-22-10-11-23(13-18(22)7-6-17(24)19-9-8-18)16-12-20-14-4-2-3-5-15(14)21-16/h2-5,12H,6-11,13H2,1H3,(H,19,24)/t18-/m1/s1. The molecule has 1 aromatic carbocycles. The number of piperazine rings is 1. The van der Waals surface area contributed by atoms with Gasteiger partial charge in [0.2, 0.25) is 5.91 Å². The van der Waals surface area contributed by atoms with E-state index in [9.17, 15) is 4.79 Å².